The Kier molecular flexibility index (Phi) is 5.84. The average Bonchev–Trinajstić information content (AvgIpc) is 2.79. The van der Waals surface area contributed by atoms with Crippen LogP contribution in [0.15, 0.2) is 12.1 Å². The van der Waals surface area contributed by atoms with Crippen LogP contribution in [0.3, 0.4) is 0 Å². The second-order valence-corrected chi connectivity index (χ2v) is 7.48. The molecule has 0 spiro atoms. The standard InChI is InChI=1S/C21H30O3/c1-7-24-21(23)18-10-13(3)16(6)20(18)19(22)11-17-14(4)8-12(2)9-15(17)5/h8-9,13,16,18,20H,7,10-11H2,1-6H3. The van der Waals surface area contributed by atoms with E-state index in [1.807, 2.05) is 6.92 Å². The maximum Gasteiger partial charge on any atom is 0.309 e. The van der Waals surface area contributed by atoms with Crippen LogP contribution in [0.5, 0.6) is 0 Å². The van der Waals surface area contributed by atoms with Crippen molar-refractivity contribution in [2.24, 2.45) is 23.7 Å². The summed E-state index contributed by atoms with van der Waals surface area (Å²) >= 11 is 0. The molecule has 1 aromatic rings. The van der Waals surface area contributed by atoms with Crippen molar-refractivity contribution in [3.05, 3.63) is 34.4 Å². The Hall–Kier alpha value is -1.64. The van der Waals surface area contributed by atoms with E-state index in [-0.39, 0.29) is 29.5 Å². The lowest BCUT2D eigenvalue weighted by Crippen LogP contribution is -2.31. The molecule has 24 heavy (non-hydrogen) atoms. The second-order valence-electron chi connectivity index (χ2n) is 7.48. The van der Waals surface area contributed by atoms with Gasteiger partial charge in [-0.3, -0.25) is 9.59 Å². The lowest BCUT2D eigenvalue weighted by Gasteiger charge is -2.22. The van der Waals surface area contributed by atoms with Crippen molar-refractivity contribution in [3.63, 3.8) is 0 Å². The molecule has 0 aliphatic heterocycles. The number of carbonyl (C=O) groups excluding carboxylic acids is 2. The number of ether oxygens (including phenoxy) is 1. The molecule has 0 saturated heterocycles. The van der Waals surface area contributed by atoms with Crippen molar-refractivity contribution in [1.29, 1.82) is 0 Å². The molecule has 0 aromatic heterocycles. The van der Waals surface area contributed by atoms with Gasteiger partial charge in [0.1, 0.15) is 5.78 Å². The molecule has 1 aliphatic rings. The lowest BCUT2D eigenvalue weighted by atomic mass is 9.81. The summed E-state index contributed by atoms with van der Waals surface area (Å²) in [5, 5.41) is 0. The zero-order valence-corrected chi connectivity index (χ0v) is 15.8. The van der Waals surface area contributed by atoms with Gasteiger partial charge in [0.05, 0.1) is 12.5 Å². The number of hydrogen-bond acceptors (Lipinski definition) is 3. The van der Waals surface area contributed by atoms with Gasteiger partial charge in [0.25, 0.3) is 0 Å². The number of benzene rings is 1. The number of carbonyl (C=O) groups is 2. The minimum atomic E-state index is -0.284. The first-order valence-corrected chi connectivity index (χ1v) is 9.02. The monoisotopic (exact) mass is 330 g/mol. The highest BCUT2D eigenvalue weighted by Crippen LogP contribution is 2.43. The van der Waals surface area contributed by atoms with Gasteiger partial charge in [-0.1, -0.05) is 31.5 Å². The van der Waals surface area contributed by atoms with E-state index in [1.54, 1.807) is 0 Å². The summed E-state index contributed by atoms with van der Waals surface area (Å²) in [5.41, 5.74) is 4.65. The minimum absolute atomic E-state index is 0.181. The van der Waals surface area contributed by atoms with Crippen LogP contribution in [-0.2, 0) is 20.7 Å². The maximum absolute atomic E-state index is 13.1. The van der Waals surface area contributed by atoms with Crippen molar-refractivity contribution in [3.8, 4) is 0 Å². The first-order chi connectivity index (χ1) is 11.3. The van der Waals surface area contributed by atoms with Gasteiger partial charge in [0.2, 0.25) is 0 Å². The van der Waals surface area contributed by atoms with Gasteiger partial charge in [-0.2, -0.15) is 0 Å². The molecule has 4 atom stereocenters. The molecule has 0 N–H and O–H groups in total. The average molecular weight is 330 g/mol. The van der Waals surface area contributed by atoms with E-state index in [1.165, 1.54) is 5.56 Å². The largest absolute Gasteiger partial charge is 0.466 e. The van der Waals surface area contributed by atoms with Crippen LogP contribution in [0.2, 0.25) is 0 Å². The Bertz CT molecular complexity index is 609. The highest BCUT2D eigenvalue weighted by molar-refractivity contribution is 5.89. The number of rotatable bonds is 5. The number of hydrogen-bond donors (Lipinski definition) is 0. The van der Waals surface area contributed by atoms with Gasteiger partial charge in [-0.05, 0) is 62.6 Å². The lowest BCUT2D eigenvalue weighted by molar-refractivity contribution is -0.151. The Labute approximate surface area is 145 Å². The van der Waals surface area contributed by atoms with Gasteiger partial charge in [-0.25, -0.2) is 0 Å². The quantitative estimate of drug-likeness (QED) is 0.760. The highest BCUT2D eigenvalue weighted by Gasteiger charge is 2.46. The number of Topliss-reactive ketones (excluding diaryl/α,β-unsaturated/α-hetero) is 1. The zero-order valence-electron chi connectivity index (χ0n) is 15.8. The molecule has 1 aliphatic carbocycles. The summed E-state index contributed by atoms with van der Waals surface area (Å²) in [4.78, 5) is 25.4. The zero-order chi connectivity index (χ0) is 18.0. The normalized spacial score (nSPS) is 26.4. The van der Waals surface area contributed by atoms with E-state index in [0.29, 0.717) is 18.9 Å². The number of esters is 1. The minimum Gasteiger partial charge on any atom is -0.466 e. The Morgan fingerprint density at radius 2 is 1.71 bits per heavy atom. The van der Waals surface area contributed by atoms with Gasteiger partial charge in [-0.15, -0.1) is 0 Å². The topological polar surface area (TPSA) is 43.4 Å². The van der Waals surface area contributed by atoms with Crippen LogP contribution in [0.4, 0.5) is 0 Å². The van der Waals surface area contributed by atoms with Crippen LogP contribution >= 0.6 is 0 Å². The van der Waals surface area contributed by atoms with Crippen LogP contribution in [0, 0.1) is 44.4 Å². The molecule has 1 fully saturated rings. The summed E-state index contributed by atoms with van der Waals surface area (Å²) in [7, 11) is 0. The third-order valence-corrected chi connectivity index (χ3v) is 5.68. The SMILES string of the molecule is CCOC(=O)C1CC(C)C(C)C1C(=O)Cc1c(C)cc(C)cc1C. The third kappa shape index (κ3) is 3.71. The van der Waals surface area contributed by atoms with Crippen LogP contribution in [-0.4, -0.2) is 18.4 Å². The molecule has 1 aromatic carbocycles. The molecule has 0 amide bonds. The molecule has 4 unspecified atom stereocenters. The van der Waals surface area contributed by atoms with Gasteiger partial charge < -0.3 is 4.74 Å². The Morgan fingerprint density at radius 3 is 2.25 bits per heavy atom. The predicted molar refractivity (Wildman–Crippen MR) is 95.9 cm³/mol. The first kappa shape index (κ1) is 18.7. The summed E-state index contributed by atoms with van der Waals surface area (Å²) in [6.45, 7) is 12.6. The molecule has 0 heterocycles. The molecule has 0 radical (unpaired) electrons. The van der Waals surface area contributed by atoms with Crippen molar-refractivity contribution < 1.29 is 14.3 Å². The van der Waals surface area contributed by atoms with Crippen molar-refractivity contribution in [2.45, 2.75) is 54.4 Å². The fourth-order valence-electron chi connectivity index (χ4n) is 4.27. The molecule has 3 nitrogen and oxygen atoms in total. The molecule has 2 rings (SSSR count). The second kappa shape index (κ2) is 7.50. The molecular weight excluding hydrogens is 300 g/mol. The van der Waals surface area contributed by atoms with Crippen molar-refractivity contribution in [1.82, 2.24) is 0 Å². The summed E-state index contributed by atoms with van der Waals surface area (Å²) in [6.07, 6.45) is 1.16. The van der Waals surface area contributed by atoms with E-state index < -0.39 is 0 Å². The van der Waals surface area contributed by atoms with E-state index >= 15 is 0 Å². The Morgan fingerprint density at radius 1 is 1.12 bits per heavy atom. The van der Waals surface area contributed by atoms with E-state index in [4.69, 9.17) is 4.74 Å². The highest BCUT2D eigenvalue weighted by atomic mass is 16.5. The number of aryl methyl sites for hydroxylation is 3. The van der Waals surface area contributed by atoms with Gasteiger partial charge >= 0.3 is 5.97 Å². The van der Waals surface area contributed by atoms with Crippen LogP contribution in [0.25, 0.3) is 0 Å². The van der Waals surface area contributed by atoms with E-state index in [2.05, 4.69) is 46.8 Å². The fraction of sp³-hybridized carbons (Fsp3) is 0.619. The van der Waals surface area contributed by atoms with Crippen LogP contribution < -0.4 is 0 Å². The Balaban J connectivity index is 2.25. The smallest absolute Gasteiger partial charge is 0.309 e. The molecule has 1 saturated carbocycles. The van der Waals surface area contributed by atoms with E-state index in [0.717, 1.165) is 23.1 Å². The molecule has 132 valence electrons. The summed E-state index contributed by atoms with van der Waals surface area (Å²) < 4.78 is 5.23. The van der Waals surface area contributed by atoms with Gasteiger partial charge in [0.15, 0.2) is 0 Å². The maximum atomic E-state index is 13.1. The van der Waals surface area contributed by atoms with Gasteiger partial charge in [0, 0.05) is 12.3 Å². The summed E-state index contributed by atoms with van der Waals surface area (Å²) in [5.74, 6) is 0.0588. The van der Waals surface area contributed by atoms with Crippen molar-refractivity contribution in [2.75, 3.05) is 6.61 Å². The molecule has 3 heteroatoms. The molecule has 0 bridgehead atoms. The third-order valence-electron chi connectivity index (χ3n) is 5.68. The molecular formula is C21H30O3. The van der Waals surface area contributed by atoms with E-state index in [9.17, 15) is 9.59 Å². The van der Waals surface area contributed by atoms with Crippen LogP contribution in [0.1, 0.15) is 49.4 Å². The summed E-state index contributed by atoms with van der Waals surface area (Å²) in [6, 6.07) is 4.25. The number of ketones is 1. The first-order valence-electron chi connectivity index (χ1n) is 9.02. The predicted octanol–water partition coefficient (Wildman–Crippen LogP) is 4.19. The van der Waals surface area contributed by atoms with Crippen molar-refractivity contribution >= 4 is 11.8 Å². The fourth-order valence-corrected chi connectivity index (χ4v) is 4.27.